The van der Waals surface area contributed by atoms with E-state index in [4.69, 9.17) is 9.66 Å². The minimum atomic E-state index is -3.74. The van der Waals surface area contributed by atoms with Crippen molar-refractivity contribution in [3.63, 3.8) is 0 Å². The third kappa shape index (κ3) is 27.4. The number of rotatable bonds is 6. The third-order valence-electron chi connectivity index (χ3n) is 1.27. The summed E-state index contributed by atoms with van der Waals surface area (Å²) >= 11 is 0. The van der Waals surface area contributed by atoms with E-state index in [1.165, 1.54) is 12.2 Å². The van der Waals surface area contributed by atoms with Crippen LogP contribution in [-0.4, -0.2) is 42.4 Å². The van der Waals surface area contributed by atoms with Crippen molar-refractivity contribution in [2.45, 2.75) is 19.8 Å². The van der Waals surface area contributed by atoms with E-state index in [0.29, 0.717) is 0 Å². The first kappa shape index (κ1) is 24.3. The number of carbonyl (C=O) groups is 2. The second-order valence-corrected chi connectivity index (χ2v) is 4.52. The summed E-state index contributed by atoms with van der Waals surface area (Å²) in [4.78, 5) is 20.5. The van der Waals surface area contributed by atoms with Gasteiger partial charge in [0.2, 0.25) is 0 Å². The Kier molecular flexibility index (Phi) is 18.7. The van der Waals surface area contributed by atoms with Gasteiger partial charge in [-0.05, 0) is 6.92 Å². The summed E-state index contributed by atoms with van der Waals surface area (Å²) in [6.45, 7) is 4.84. The van der Waals surface area contributed by atoms with Gasteiger partial charge in [0.25, 0.3) is 10.1 Å². The zero-order valence-corrected chi connectivity index (χ0v) is 15.0. The van der Waals surface area contributed by atoms with E-state index in [1.54, 1.807) is 6.92 Å². The maximum absolute atomic E-state index is 10.5. The number of esters is 1. The van der Waals surface area contributed by atoms with Crippen molar-refractivity contribution in [1.82, 2.24) is 0 Å². The summed E-state index contributed by atoms with van der Waals surface area (Å²) in [5.74, 6) is -1.72. The van der Waals surface area contributed by atoms with Gasteiger partial charge in [-0.1, -0.05) is 6.08 Å². The summed E-state index contributed by atoms with van der Waals surface area (Å²) in [7, 11) is -3.74. The molecule has 9 heteroatoms. The van der Waals surface area contributed by atoms with Crippen LogP contribution in [0.3, 0.4) is 0 Å². The summed E-state index contributed by atoms with van der Waals surface area (Å²) in [5.41, 5.74) is 0. The number of carboxylic acid groups (broad SMARTS) is 1. The summed E-state index contributed by atoms with van der Waals surface area (Å²) < 4.78 is 31.9. The zero-order valence-electron chi connectivity index (χ0n) is 11.0. The average Bonchev–Trinajstić information content (AvgIpc) is 2.16. The Morgan fingerprint density at radius 3 is 2.16 bits per heavy atom. The Bertz CT molecular complexity index is 375. The minimum absolute atomic E-state index is 0. The summed E-state index contributed by atoms with van der Waals surface area (Å²) in [6.07, 6.45) is 2.84. The first-order valence-electron chi connectivity index (χ1n) is 4.98. The maximum Gasteiger partial charge on any atom is 1.00 e. The molecule has 0 bridgehead atoms. The molecular formula is C10H17KO7S. The molecule has 0 radical (unpaired) electrons. The van der Waals surface area contributed by atoms with E-state index in [1.807, 2.05) is 0 Å². The number of hydrogen-bond acceptors (Lipinski definition) is 5. The van der Waals surface area contributed by atoms with Gasteiger partial charge in [0.15, 0.2) is 0 Å². The average molecular weight is 320 g/mol. The molecule has 0 aromatic rings. The Morgan fingerprint density at radius 1 is 1.37 bits per heavy atom. The smallest absolute Gasteiger partial charge is 0.481 e. The van der Waals surface area contributed by atoms with Crippen LogP contribution in [0.4, 0.5) is 0 Å². The maximum atomic E-state index is 10.5. The molecule has 0 rings (SSSR count). The van der Waals surface area contributed by atoms with Crippen LogP contribution >= 0.6 is 0 Å². The van der Waals surface area contributed by atoms with Gasteiger partial charge in [0, 0.05) is 11.8 Å². The zero-order chi connectivity index (χ0) is 14.6. The van der Waals surface area contributed by atoms with E-state index in [-0.39, 0.29) is 76.6 Å². The van der Waals surface area contributed by atoms with Gasteiger partial charge in [0.05, 0.1) is 6.42 Å². The Hall–Kier alpha value is 0.226. The fourth-order valence-electron chi connectivity index (χ4n) is 0.606. The molecule has 0 unspecified atom stereocenters. The number of hydrogen-bond donors (Lipinski definition) is 2. The molecule has 0 heterocycles. The molecule has 0 aromatic heterocycles. The fourth-order valence-corrected chi connectivity index (χ4v) is 0.970. The quantitative estimate of drug-likeness (QED) is 0.185. The van der Waals surface area contributed by atoms with E-state index >= 15 is 0 Å². The van der Waals surface area contributed by atoms with Gasteiger partial charge in [-0.3, -0.25) is 9.35 Å². The predicted octanol–water partition coefficient (Wildman–Crippen LogP) is -2.32. The molecule has 0 amide bonds. The van der Waals surface area contributed by atoms with Crippen LogP contribution in [0.2, 0.25) is 0 Å². The SMILES string of the molecule is CC=CC(=O)OCCC(=O)O.[CH2-]CCS(=O)(=O)O.[K+]. The van der Waals surface area contributed by atoms with E-state index in [2.05, 4.69) is 11.7 Å². The van der Waals surface area contributed by atoms with E-state index in [9.17, 15) is 18.0 Å². The molecule has 0 aliphatic carbocycles. The Balaban J connectivity index is -0.000000280. The number of allylic oxidation sites excluding steroid dienone is 1. The molecule has 7 nitrogen and oxygen atoms in total. The minimum Gasteiger partial charge on any atom is -0.481 e. The van der Waals surface area contributed by atoms with Gasteiger partial charge < -0.3 is 16.8 Å². The third-order valence-corrected chi connectivity index (χ3v) is 2.07. The van der Waals surface area contributed by atoms with E-state index in [0.717, 1.165) is 0 Å². The molecule has 0 spiro atoms. The number of carbonyl (C=O) groups excluding carboxylic acids is 1. The first-order chi connectivity index (χ1) is 8.22. The van der Waals surface area contributed by atoms with Crippen LogP contribution in [-0.2, 0) is 24.4 Å². The van der Waals surface area contributed by atoms with Crippen LogP contribution in [0.5, 0.6) is 0 Å². The topological polar surface area (TPSA) is 118 Å². The Labute approximate surface area is 155 Å². The molecule has 0 saturated heterocycles. The van der Waals surface area contributed by atoms with Gasteiger partial charge in [-0.2, -0.15) is 14.8 Å². The van der Waals surface area contributed by atoms with Crippen LogP contribution in [0.1, 0.15) is 19.8 Å². The molecule has 106 valence electrons. The summed E-state index contributed by atoms with van der Waals surface area (Å²) in [5, 5.41) is 8.15. The van der Waals surface area contributed by atoms with Crippen molar-refractivity contribution in [2.75, 3.05) is 12.4 Å². The van der Waals surface area contributed by atoms with Gasteiger partial charge in [-0.15, -0.1) is 0 Å². The monoisotopic (exact) mass is 320 g/mol. The second kappa shape index (κ2) is 14.6. The van der Waals surface area contributed by atoms with Crippen molar-refractivity contribution in [1.29, 1.82) is 0 Å². The fraction of sp³-hybridized carbons (Fsp3) is 0.500. The molecule has 0 aliphatic rings. The van der Waals surface area contributed by atoms with Crippen LogP contribution in [0.15, 0.2) is 12.2 Å². The molecule has 0 atom stereocenters. The Morgan fingerprint density at radius 2 is 1.89 bits per heavy atom. The van der Waals surface area contributed by atoms with Crippen molar-refractivity contribution in [2.24, 2.45) is 0 Å². The number of aliphatic carboxylic acids is 1. The van der Waals surface area contributed by atoms with Crippen LogP contribution in [0.25, 0.3) is 0 Å². The van der Waals surface area contributed by atoms with Gasteiger partial charge in [0.1, 0.15) is 6.61 Å². The van der Waals surface area contributed by atoms with Crippen LogP contribution < -0.4 is 51.4 Å². The van der Waals surface area contributed by atoms with E-state index < -0.39 is 22.1 Å². The molecule has 0 fully saturated rings. The summed E-state index contributed by atoms with van der Waals surface area (Å²) in [6, 6.07) is 0. The predicted molar refractivity (Wildman–Crippen MR) is 64.4 cm³/mol. The van der Waals surface area contributed by atoms with Crippen molar-refractivity contribution in [3.05, 3.63) is 19.1 Å². The van der Waals surface area contributed by atoms with Crippen molar-refractivity contribution >= 4 is 22.1 Å². The molecule has 0 saturated carbocycles. The molecule has 2 N–H and O–H groups in total. The van der Waals surface area contributed by atoms with Crippen molar-refractivity contribution < 1.29 is 83.8 Å². The molecule has 19 heavy (non-hydrogen) atoms. The van der Waals surface area contributed by atoms with Gasteiger partial charge >= 0.3 is 63.3 Å². The van der Waals surface area contributed by atoms with Crippen molar-refractivity contribution in [3.8, 4) is 0 Å². The van der Waals surface area contributed by atoms with Gasteiger partial charge in [-0.25, -0.2) is 4.79 Å². The normalized spacial score (nSPS) is 10.1. The first-order valence-corrected chi connectivity index (χ1v) is 6.59. The number of ether oxygens (including phenoxy) is 1. The van der Waals surface area contributed by atoms with Crippen LogP contribution in [0, 0.1) is 6.92 Å². The molecule has 0 aliphatic heterocycles. The standard InChI is InChI=1S/C7H10O4.C3H7O3S.K/c1-2-3-7(10)11-5-4-6(8)9;1-2-3-7(4,5)6;/h2-3H,4-5H2,1H3,(H,8,9);1-3H2,(H,4,5,6);/q;-1;+1. The second-order valence-electron chi connectivity index (χ2n) is 2.95. The number of carboxylic acids is 1. The molecule has 0 aromatic carbocycles. The largest absolute Gasteiger partial charge is 1.00 e. The molecular weight excluding hydrogens is 303 g/mol.